The van der Waals surface area contributed by atoms with Crippen molar-refractivity contribution in [3.63, 3.8) is 0 Å². The molecule has 2 aromatic carbocycles. The van der Waals surface area contributed by atoms with E-state index in [9.17, 15) is 4.79 Å². The van der Waals surface area contributed by atoms with Gasteiger partial charge in [-0.15, -0.1) is 0 Å². The molecule has 2 aromatic rings. The summed E-state index contributed by atoms with van der Waals surface area (Å²) in [7, 11) is 1.60. The van der Waals surface area contributed by atoms with E-state index in [-0.39, 0.29) is 11.8 Å². The SMILES string of the molecule is COc1ccc(C2Cc3ccccc3NC(=O)C2N=[N+]=[N-])cc1. The predicted molar refractivity (Wildman–Crippen MR) is 87.4 cm³/mol. The number of para-hydroxylation sites is 1. The minimum atomic E-state index is -0.791. The van der Waals surface area contributed by atoms with Gasteiger partial charge in [0.2, 0.25) is 5.91 Å². The monoisotopic (exact) mass is 308 g/mol. The predicted octanol–water partition coefficient (Wildman–Crippen LogP) is 3.65. The average Bonchev–Trinajstić information content (AvgIpc) is 2.72. The van der Waals surface area contributed by atoms with Gasteiger partial charge in [0, 0.05) is 16.5 Å². The zero-order chi connectivity index (χ0) is 16.2. The summed E-state index contributed by atoms with van der Waals surface area (Å²) in [6, 6.07) is 14.4. The van der Waals surface area contributed by atoms with Gasteiger partial charge in [-0.05, 0) is 41.3 Å². The zero-order valence-electron chi connectivity index (χ0n) is 12.6. The highest BCUT2D eigenvalue weighted by Crippen LogP contribution is 2.34. The lowest BCUT2D eigenvalue weighted by Gasteiger charge is -2.20. The Hall–Kier alpha value is -2.98. The normalized spacial score (nSPS) is 19.8. The fourth-order valence-corrected chi connectivity index (χ4v) is 2.90. The molecule has 0 spiro atoms. The third kappa shape index (κ3) is 2.98. The van der Waals surface area contributed by atoms with E-state index >= 15 is 0 Å². The summed E-state index contributed by atoms with van der Waals surface area (Å²) in [5.74, 6) is 0.238. The largest absolute Gasteiger partial charge is 0.497 e. The Kier molecular flexibility index (Phi) is 4.17. The van der Waals surface area contributed by atoms with Crippen LogP contribution in [-0.4, -0.2) is 19.1 Å². The van der Waals surface area contributed by atoms with Crippen molar-refractivity contribution in [2.45, 2.75) is 18.4 Å². The second-order valence-electron chi connectivity index (χ2n) is 5.38. The summed E-state index contributed by atoms with van der Waals surface area (Å²) >= 11 is 0. The number of nitrogens with one attached hydrogen (secondary N) is 1. The average molecular weight is 308 g/mol. The molecule has 1 amide bonds. The van der Waals surface area contributed by atoms with Crippen LogP contribution in [0.15, 0.2) is 53.6 Å². The van der Waals surface area contributed by atoms with E-state index in [1.807, 2.05) is 48.5 Å². The number of azide groups is 1. The number of hydrogen-bond donors (Lipinski definition) is 1. The van der Waals surface area contributed by atoms with Crippen LogP contribution in [0.5, 0.6) is 5.75 Å². The highest BCUT2D eigenvalue weighted by molar-refractivity contribution is 5.97. The fraction of sp³-hybridized carbons (Fsp3) is 0.235. The Morgan fingerprint density at radius 3 is 2.65 bits per heavy atom. The molecule has 0 saturated heterocycles. The van der Waals surface area contributed by atoms with E-state index in [1.54, 1.807) is 7.11 Å². The fourth-order valence-electron chi connectivity index (χ4n) is 2.90. The van der Waals surface area contributed by atoms with E-state index in [2.05, 4.69) is 15.3 Å². The molecule has 2 atom stereocenters. The van der Waals surface area contributed by atoms with Crippen LogP contribution in [-0.2, 0) is 11.2 Å². The number of carbonyl (C=O) groups is 1. The van der Waals surface area contributed by atoms with Gasteiger partial charge in [0.1, 0.15) is 11.8 Å². The molecule has 0 bridgehead atoms. The minimum Gasteiger partial charge on any atom is -0.497 e. The summed E-state index contributed by atoms with van der Waals surface area (Å²) in [6.07, 6.45) is 0.616. The topological polar surface area (TPSA) is 87.1 Å². The second-order valence-corrected chi connectivity index (χ2v) is 5.38. The number of methoxy groups -OCH3 is 1. The van der Waals surface area contributed by atoms with Crippen molar-refractivity contribution in [3.05, 3.63) is 70.1 Å². The third-order valence-electron chi connectivity index (χ3n) is 4.08. The van der Waals surface area contributed by atoms with Crippen LogP contribution in [0.2, 0.25) is 0 Å². The number of anilines is 1. The summed E-state index contributed by atoms with van der Waals surface area (Å²) in [4.78, 5) is 15.3. The first-order valence-corrected chi connectivity index (χ1v) is 7.30. The number of fused-ring (bicyclic) bond motifs is 1. The first-order chi connectivity index (χ1) is 11.2. The molecular formula is C17H16N4O2. The molecule has 1 aliphatic heterocycles. The number of amides is 1. The molecule has 1 heterocycles. The Morgan fingerprint density at radius 2 is 1.96 bits per heavy atom. The van der Waals surface area contributed by atoms with Crippen LogP contribution < -0.4 is 10.1 Å². The van der Waals surface area contributed by atoms with Gasteiger partial charge in [-0.25, -0.2) is 0 Å². The highest BCUT2D eigenvalue weighted by atomic mass is 16.5. The minimum absolute atomic E-state index is 0.222. The molecular weight excluding hydrogens is 292 g/mol. The van der Waals surface area contributed by atoms with Crippen LogP contribution in [0.1, 0.15) is 17.0 Å². The number of carbonyl (C=O) groups excluding carboxylic acids is 1. The zero-order valence-corrected chi connectivity index (χ0v) is 12.6. The molecule has 3 rings (SSSR count). The molecule has 0 fully saturated rings. The second kappa shape index (κ2) is 6.42. The van der Waals surface area contributed by atoms with E-state index in [0.717, 1.165) is 22.6 Å². The number of benzene rings is 2. The van der Waals surface area contributed by atoms with E-state index in [1.165, 1.54) is 0 Å². The van der Waals surface area contributed by atoms with Crippen molar-refractivity contribution in [3.8, 4) is 5.75 Å². The maximum Gasteiger partial charge on any atom is 0.234 e. The first kappa shape index (κ1) is 14.9. The van der Waals surface area contributed by atoms with Crippen molar-refractivity contribution < 1.29 is 9.53 Å². The molecule has 0 radical (unpaired) electrons. The lowest BCUT2D eigenvalue weighted by Crippen LogP contribution is -2.30. The van der Waals surface area contributed by atoms with E-state index < -0.39 is 6.04 Å². The van der Waals surface area contributed by atoms with Crippen LogP contribution in [0.25, 0.3) is 10.4 Å². The van der Waals surface area contributed by atoms with Gasteiger partial charge in [-0.1, -0.05) is 35.4 Å². The first-order valence-electron chi connectivity index (χ1n) is 7.30. The molecule has 6 nitrogen and oxygen atoms in total. The van der Waals surface area contributed by atoms with Gasteiger partial charge < -0.3 is 10.1 Å². The molecule has 0 aromatic heterocycles. The maximum absolute atomic E-state index is 12.5. The summed E-state index contributed by atoms with van der Waals surface area (Å²) in [5.41, 5.74) is 11.6. The summed E-state index contributed by atoms with van der Waals surface area (Å²) in [6.45, 7) is 0. The Balaban J connectivity index is 2.05. The number of nitrogens with zero attached hydrogens (tertiary/aromatic N) is 3. The number of rotatable bonds is 3. The lowest BCUT2D eigenvalue weighted by atomic mass is 9.86. The van der Waals surface area contributed by atoms with Crippen molar-refractivity contribution in [2.75, 3.05) is 12.4 Å². The van der Waals surface area contributed by atoms with Crippen molar-refractivity contribution in [2.24, 2.45) is 5.11 Å². The number of hydrogen-bond acceptors (Lipinski definition) is 3. The van der Waals surface area contributed by atoms with E-state index in [4.69, 9.17) is 10.3 Å². The molecule has 6 heteroatoms. The van der Waals surface area contributed by atoms with Crippen LogP contribution >= 0.6 is 0 Å². The van der Waals surface area contributed by atoms with Gasteiger partial charge in [0.15, 0.2) is 0 Å². The molecule has 1 N–H and O–H groups in total. The van der Waals surface area contributed by atoms with Crippen molar-refractivity contribution in [1.29, 1.82) is 0 Å². The van der Waals surface area contributed by atoms with Crippen LogP contribution in [0.4, 0.5) is 5.69 Å². The molecule has 23 heavy (non-hydrogen) atoms. The lowest BCUT2D eigenvalue weighted by molar-refractivity contribution is -0.117. The van der Waals surface area contributed by atoms with Gasteiger partial charge in [0.25, 0.3) is 0 Å². The quantitative estimate of drug-likeness (QED) is 0.533. The summed E-state index contributed by atoms with van der Waals surface area (Å²) < 4.78 is 5.17. The van der Waals surface area contributed by atoms with Gasteiger partial charge in [-0.2, -0.15) is 0 Å². The molecule has 2 unspecified atom stereocenters. The van der Waals surface area contributed by atoms with Gasteiger partial charge in [0.05, 0.1) is 7.11 Å². The van der Waals surface area contributed by atoms with Crippen molar-refractivity contribution in [1.82, 2.24) is 0 Å². The van der Waals surface area contributed by atoms with Crippen LogP contribution in [0.3, 0.4) is 0 Å². The maximum atomic E-state index is 12.5. The Bertz CT molecular complexity index is 766. The van der Waals surface area contributed by atoms with Crippen molar-refractivity contribution >= 4 is 11.6 Å². The number of ether oxygens (including phenoxy) is 1. The highest BCUT2D eigenvalue weighted by Gasteiger charge is 2.32. The molecule has 116 valence electrons. The smallest absolute Gasteiger partial charge is 0.234 e. The molecule has 0 saturated carbocycles. The molecule has 0 aliphatic carbocycles. The summed E-state index contributed by atoms with van der Waals surface area (Å²) in [5, 5.41) is 6.60. The van der Waals surface area contributed by atoms with Gasteiger partial charge >= 0.3 is 0 Å². The van der Waals surface area contributed by atoms with E-state index in [0.29, 0.717) is 6.42 Å². The third-order valence-corrected chi connectivity index (χ3v) is 4.08. The standard InChI is InChI=1S/C17H16N4O2/c1-23-13-8-6-11(7-9-13)14-10-12-4-2-3-5-15(12)19-17(22)16(14)20-21-18/h2-9,14,16H,10H2,1H3,(H,19,22). The molecule has 1 aliphatic rings. The van der Waals surface area contributed by atoms with Crippen LogP contribution in [0, 0.1) is 0 Å². The Morgan fingerprint density at radius 1 is 1.22 bits per heavy atom. The van der Waals surface area contributed by atoms with Gasteiger partial charge in [-0.3, -0.25) is 4.79 Å². The Labute approximate surface area is 133 Å².